The zero-order valence-corrected chi connectivity index (χ0v) is 9.04. The molecule has 4 heteroatoms. The largest absolute Gasteiger partial charge is 0.480 e. The average Bonchev–Trinajstić information content (AvgIpc) is 2.16. The molecule has 0 bridgehead atoms. The molecule has 0 unspecified atom stereocenters. The van der Waals surface area contributed by atoms with E-state index in [9.17, 15) is 4.79 Å². The van der Waals surface area contributed by atoms with Gasteiger partial charge in [-0.15, -0.1) is 12.4 Å². The van der Waals surface area contributed by atoms with Crippen LogP contribution < -0.4 is 5.73 Å². The lowest BCUT2D eigenvalue weighted by Gasteiger charge is -2.43. The van der Waals surface area contributed by atoms with Gasteiger partial charge in [0.1, 0.15) is 5.54 Å². The molecule has 1 aliphatic carbocycles. The van der Waals surface area contributed by atoms with Crippen LogP contribution in [0, 0.1) is 0 Å². The summed E-state index contributed by atoms with van der Waals surface area (Å²) in [4.78, 5) is 11.0. The maximum atomic E-state index is 11.0. The Labute approximate surface area is 94.7 Å². The van der Waals surface area contributed by atoms with Crippen LogP contribution >= 0.6 is 12.4 Å². The quantitative estimate of drug-likeness (QED) is 0.810. The molecule has 82 valence electrons. The molecule has 0 aromatic heterocycles. The van der Waals surface area contributed by atoms with E-state index in [4.69, 9.17) is 10.8 Å². The molecule has 1 aromatic rings. The normalized spacial score (nSPS) is 28.7. The second kappa shape index (κ2) is 4.21. The minimum Gasteiger partial charge on any atom is -0.480 e. The maximum Gasteiger partial charge on any atom is 0.324 e. The van der Waals surface area contributed by atoms with Gasteiger partial charge in [-0.3, -0.25) is 4.79 Å². The summed E-state index contributed by atoms with van der Waals surface area (Å²) in [6, 6.07) is 9.62. The molecule has 3 nitrogen and oxygen atoms in total. The lowest BCUT2D eigenvalue weighted by Crippen LogP contribution is -2.59. The smallest absolute Gasteiger partial charge is 0.324 e. The van der Waals surface area contributed by atoms with E-state index in [1.165, 1.54) is 0 Å². The van der Waals surface area contributed by atoms with Crippen molar-refractivity contribution in [3.05, 3.63) is 35.9 Å². The molecule has 0 amide bonds. The Bertz CT molecular complexity index is 355. The van der Waals surface area contributed by atoms with Crippen LogP contribution in [0.1, 0.15) is 24.3 Å². The molecule has 3 N–H and O–H groups in total. The van der Waals surface area contributed by atoms with Gasteiger partial charge in [0, 0.05) is 5.92 Å². The molecule has 2 atom stereocenters. The van der Waals surface area contributed by atoms with Crippen LogP contribution in [0.15, 0.2) is 30.3 Å². The predicted octanol–water partition coefficient (Wildman–Crippen LogP) is 1.77. The van der Waals surface area contributed by atoms with Crippen molar-refractivity contribution in [3.63, 3.8) is 0 Å². The number of hydrogen-bond acceptors (Lipinski definition) is 2. The molecule has 0 spiro atoms. The number of halogens is 1. The van der Waals surface area contributed by atoms with Crippen LogP contribution in [0.25, 0.3) is 0 Å². The van der Waals surface area contributed by atoms with Crippen LogP contribution in [0.2, 0.25) is 0 Å². The number of rotatable bonds is 2. The minimum absolute atomic E-state index is 0. The maximum absolute atomic E-state index is 11.0. The van der Waals surface area contributed by atoms with E-state index < -0.39 is 11.5 Å². The number of carboxylic acid groups (broad SMARTS) is 1. The van der Waals surface area contributed by atoms with E-state index in [0.717, 1.165) is 12.0 Å². The van der Waals surface area contributed by atoms with Crippen molar-refractivity contribution in [1.82, 2.24) is 0 Å². The molecule has 1 saturated carbocycles. The second-order valence-electron chi connectivity index (χ2n) is 3.85. The van der Waals surface area contributed by atoms with Gasteiger partial charge < -0.3 is 10.8 Å². The van der Waals surface area contributed by atoms with E-state index in [1.807, 2.05) is 30.3 Å². The summed E-state index contributed by atoms with van der Waals surface area (Å²) >= 11 is 0. The summed E-state index contributed by atoms with van der Waals surface area (Å²) in [7, 11) is 0. The Morgan fingerprint density at radius 2 is 2.00 bits per heavy atom. The van der Waals surface area contributed by atoms with E-state index in [1.54, 1.807) is 0 Å². The molecule has 1 aromatic carbocycles. The van der Waals surface area contributed by atoms with Crippen molar-refractivity contribution in [2.75, 3.05) is 0 Å². The van der Waals surface area contributed by atoms with Gasteiger partial charge >= 0.3 is 5.97 Å². The Morgan fingerprint density at radius 3 is 2.40 bits per heavy atom. The highest BCUT2D eigenvalue weighted by molar-refractivity contribution is 5.85. The van der Waals surface area contributed by atoms with Crippen LogP contribution in [0.4, 0.5) is 0 Å². The second-order valence-corrected chi connectivity index (χ2v) is 3.85. The summed E-state index contributed by atoms with van der Waals surface area (Å²) in [6.07, 6.45) is 1.44. The first-order valence-corrected chi connectivity index (χ1v) is 4.72. The number of carbonyl (C=O) groups is 1. The van der Waals surface area contributed by atoms with Crippen molar-refractivity contribution in [2.45, 2.75) is 24.3 Å². The molecule has 0 heterocycles. The Balaban J connectivity index is 0.00000112. The fourth-order valence-electron chi connectivity index (χ4n) is 2.01. The third kappa shape index (κ3) is 1.85. The minimum atomic E-state index is -1.04. The molecule has 1 aliphatic rings. The summed E-state index contributed by atoms with van der Waals surface area (Å²) in [6.45, 7) is 0. The number of aliphatic carboxylic acids is 1. The molecule has 0 radical (unpaired) electrons. The molecule has 1 fully saturated rings. The van der Waals surface area contributed by atoms with Gasteiger partial charge in [0.2, 0.25) is 0 Å². The van der Waals surface area contributed by atoms with E-state index in [-0.39, 0.29) is 18.3 Å². The molecule has 0 aliphatic heterocycles. The zero-order valence-electron chi connectivity index (χ0n) is 8.22. The first-order chi connectivity index (χ1) is 6.64. The number of nitrogens with two attached hydrogens (primary N) is 1. The van der Waals surface area contributed by atoms with Gasteiger partial charge in [0.25, 0.3) is 0 Å². The van der Waals surface area contributed by atoms with E-state index in [0.29, 0.717) is 6.42 Å². The molecule has 0 saturated heterocycles. The highest BCUT2D eigenvalue weighted by Crippen LogP contribution is 2.44. The number of benzene rings is 1. The number of carboxylic acids is 1. The van der Waals surface area contributed by atoms with Crippen LogP contribution in [-0.4, -0.2) is 16.6 Å². The van der Waals surface area contributed by atoms with Crippen molar-refractivity contribution in [1.29, 1.82) is 0 Å². The average molecular weight is 228 g/mol. The Morgan fingerprint density at radius 1 is 1.40 bits per heavy atom. The van der Waals surface area contributed by atoms with Crippen LogP contribution in [-0.2, 0) is 4.79 Å². The summed E-state index contributed by atoms with van der Waals surface area (Å²) in [5.74, 6) is -0.918. The summed E-state index contributed by atoms with van der Waals surface area (Å²) in [5.41, 5.74) is 5.81. The van der Waals surface area contributed by atoms with Gasteiger partial charge in [0.15, 0.2) is 0 Å². The molecular weight excluding hydrogens is 214 g/mol. The van der Waals surface area contributed by atoms with Crippen molar-refractivity contribution in [2.24, 2.45) is 5.73 Å². The molecule has 2 rings (SSSR count). The third-order valence-corrected chi connectivity index (χ3v) is 3.07. The molecular formula is C11H14ClNO2. The topological polar surface area (TPSA) is 63.3 Å². The Kier molecular flexibility index (Phi) is 3.37. The first kappa shape index (κ1) is 12.0. The summed E-state index contributed by atoms with van der Waals surface area (Å²) < 4.78 is 0. The zero-order chi connectivity index (χ0) is 10.2. The van der Waals surface area contributed by atoms with Gasteiger partial charge in [-0.1, -0.05) is 30.3 Å². The van der Waals surface area contributed by atoms with E-state index in [2.05, 4.69) is 0 Å². The highest BCUT2D eigenvalue weighted by Gasteiger charge is 2.50. The number of hydrogen-bond donors (Lipinski definition) is 2. The third-order valence-electron chi connectivity index (χ3n) is 3.07. The summed E-state index contributed by atoms with van der Waals surface area (Å²) in [5, 5.41) is 9.00. The lowest BCUT2D eigenvalue weighted by atomic mass is 9.64. The van der Waals surface area contributed by atoms with Crippen LogP contribution in [0.5, 0.6) is 0 Å². The van der Waals surface area contributed by atoms with Gasteiger partial charge in [0.05, 0.1) is 0 Å². The Hall–Kier alpha value is -1.06. The fraction of sp³-hybridized carbons (Fsp3) is 0.364. The molecule has 15 heavy (non-hydrogen) atoms. The van der Waals surface area contributed by atoms with Crippen molar-refractivity contribution in [3.8, 4) is 0 Å². The standard InChI is InChI=1S/C11H13NO2.ClH/c12-11(10(13)14)7-6-9(11)8-4-2-1-3-5-8;/h1-5,9H,6-7,12H2,(H,13,14);1H/t9-,11-;/m1./s1. The van der Waals surface area contributed by atoms with Gasteiger partial charge in [-0.2, -0.15) is 0 Å². The highest BCUT2D eigenvalue weighted by atomic mass is 35.5. The first-order valence-electron chi connectivity index (χ1n) is 4.72. The lowest BCUT2D eigenvalue weighted by molar-refractivity contribution is -0.147. The van der Waals surface area contributed by atoms with Crippen molar-refractivity contribution >= 4 is 18.4 Å². The van der Waals surface area contributed by atoms with Crippen LogP contribution in [0.3, 0.4) is 0 Å². The van der Waals surface area contributed by atoms with E-state index >= 15 is 0 Å². The fourth-order valence-corrected chi connectivity index (χ4v) is 2.01. The SMILES string of the molecule is Cl.N[C@]1(C(=O)O)CC[C@@H]1c1ccccc1. The predicted molar refractivity (Wildman–Crippen MR) is 60.2 cm³/mol. The monoisotopic (exact) mass is 227 g/mol. The van der Waals surface area contributed by atoms with Gasteiger partial charge in [-0.05, 0) is 18.4 Å². The van der Waals surface area contributed by atoms with Crippen molar-refractivity contribution < 1.29 is 9.90 Å². The van der Waals surface area contributed by atoms with Gasteiger partial charge in [-0.25, -0.2) is 0 Å².